The third-order valence-corrected chi connectivity index (χ3v) is 2.96. The Kier molecular flexibility index (Phi) is 4.76. The van der Waals surface area contributed by atoms with Crippen LogP contribution in [0.3, 0.4) is 0 Å². The first-order chi connectivity index (χ1) is 9.29. The predicted molar refractivity (Wildman–Crippen MR) is 71.8 cm³/mol. The zero-order chi connectivity index (χ0) is 13.5. The second kappa shape index (κ2) is 6.76. The lowest BCUT2D eigenvalue weighted by atomic mass is 10.0. The van der Waals surface area contributed by atoms with Crippen LogP contribution in [0.4, 0.5) is 5.69 Å². The molecule has 1 fully saturated rings. The van der Waals surface area contributed by atoms with Gasteiger partial charge in [-0.15, -0.1) is 0 Å². The molecule has 1 aliphatic heterocycles. The minimum atomic E-state index is 0.0420. The molecule has 0 atom stereocenters. The van der Waals surface area contributed by atoms with E-state index in [4.69, 9.17) is 10.00 Å². The molecule has 19 heavy (non-hydrogen) atoms. The number of benzene rings is 1. The Balaban J connectivity index is 1.84. The average molecular weight is 259 g/mol. The van der Waals surface area contributed by atoms with Gasteiger partial charge < -0.3 is 15.4 Å². The molecule has 0 aromatic heterocycles. The van der Waals surface area contributed by atoms with Crippen LogP contribution in [0.25, 0.3) is 0 Å². The summed E-state index contributed by atoms with van der Waals surface area (Å²) in [6, 6.07) is 9.40. The van der Waals surface area contributed by atoms with Crippen molar-refractivity contribution in [2.45, 2.75) is 12.8 Å². The number of carbonyl (C=O) groups is 1. The maximum Gasteiger partial charge on any atom is 0.230 e. The highest BCUT2D eigenvalue weighted by Gasteiger charge is 2.24. The summed E-state index contributed by atoms with van der Waals surface area (Å²) in [6.45, 7) is 2.00. The highest BCUT2D eigenvalue weighted by molar-refractivity contribution is 5.93. The van der Waals surface area contributed by atoms with E-state index < -0.39 is 0 Å². The van der Waals surface area contributed by atoms with Gasteiger partial charge in [0.2, 0.25) is 5.91 Å². The molecule has 0 radical (unpaired) electrons. The van der Waals surface area contributed by atoms with Gasteiger partial charge in [-0.1, -0.05) is 6.07 Å². The van der Waals surface area contributed by atoms with Crippen molar-refractivity contribution in [3.8, 4) is 11.8 Å². The lowest BCUT2D eigenvalue weighted by Gasteiger charge is -2.25. The Labute approximate surface area is 112 Å². The Morgan fingerprint density at radius 1 is 1.53 bits per heavy atom. The van der Waals surface area contributed by atoms with Crippen molar-refractivity contribution in [1.29, 1.82) is 5.26 Å². The summed E-state index contributed by atoms with van der Waals surface area (Å²) >= 11 is 0. The molecular formula is C14H17N3O2. The fourth-order valence-corrected chi connectivity index (χ4v) is 1.72. The second-order valence-corrected chi connectivity index (χ2v) is 4.48. The summed E-state index contributed by atoms with van der Waals surface area (Å²) in [5.41, 5.74) is 0.745. The Hall–Kier alpha value is -2.06. The van der Waals surface area contributed by atoms with Crippen LogP contribution < -0.4 is 15.4 Å². The number of rotatable bonds is 6. The highest BCUT2D eigenvalue weighted by Crippen LogP contribution is 2.18. The van der Waals surface area contributed by atoms with Crippen LogP contribution in [-0.4, -0.2) is 25.6 Å². The normalized spacial score (nSPS) is 14.3. The third-order valence-electron chi connectivity index (χ3n) is 2.96. The van der Waals surface area contributed by atoms with E-state index in [1.54, 1.807) is 6.07 Å². The van der Waals surface area contributed by atoms with E-state index >= 15 is 0 Å². The number of nitrogens with zero attached hydrogens (tertiary/aromatic N) is 1. The van der Waals surface area contributed by atoms with Crippen molar-refractivity contribution in [2.75, 3.05) is 25.0 Å². The van der Waals surface area contributed by atoms with Crippen molar-refractivity contribution in [1.82, 2.24) is 5.32 Å². The minimum Gasteiger partial charge on any atom is -0.493 e. The first kappa shape index (κ1) is 13.4. The van der Waals surface area contributed by atoms with Crippen LogP contribution in [0.5, 0.6) is 5.75 Å². The van der Waals surface area contributed by atoms with E-state index in [0.717, 1.165) is 18.8 Å². The van der Waals surface area contributed by atoms with Gasteiger partial charge in [-0.05, 0) is 18.6 Å². The van der Waals surface area contributed by atoms with Crippen molar-refractivity contribution < 1.29 is 9.53 Å². The first-order valence-corrected chi connectivity index (χ1v) is 6.41. The summed E-state index contributed by atoms with van der Waals surface area (Å²) in [7, 11) is 0. The summed E-state index contributed by atoms with van der Waals surface area (Å²) in [5, 5.41) is 14.4. The van der Waals surface area contributed by atoms with E-state index in [9.17, 15) is 4.79 Å². The molecule has 0 unspecified atom stereocenters. The zero-order valence-corrected chi connectivity index (χ0v) is 10.7. The summed E-state index contributed by atoms with van der Waals surface area (Å²) in [6.07, 6.45) is 1.20. The zero-order valence-electron chi connectivity index (χ0n) is 10.7. The number of nitrogens with one attached hydrogen (secondary N) is 2. The van der Waals surface area contributed by atoms with Gasteiger partial charge in [-0.3, -0.25) is 4.79 Å². The molecule has 5 heteroatoms. The molecule has 1 aromatic rings. The lowest BCUT2D eigenvalue weighted by Crippen LogP contribution is -2.48. The number of unbranched alkanes of at least 4 members (excludes halogenated alkanes) is 1. The number of hydrogen-bond acceptors (Lipinski definition) is 4. The SMILES string of the molecule is N#CCCCOc1cccc(NC(=O)C2CNC2)c1. The first-order valence-electron chi connectivity index (χ1n) is 6.41. The van der Waals surface area contributed by atoms with Crippen LogP contribution >= 0.6 is 0 Å². The van der Waals surface area contributed by atoms with Crippen LogP contribution in [-0.2, 0) is 4.79 Å². The topological polar surface area (TPSA) is 74.1 Å². The molecule has 1 saturated heterocycles. The van der Waals surface area contributed by atoms with Crippen LogP contribution in [0, 0.1) is 17.2 Å². The largest absolute Gasteiger partial charge is 0.493 e. The van der Waals surface area contributed by atoms with Gasteiger partial charge in [0.25, 0.3) is 0 Å². The Morgan fingerprint density at radius 3 is 3.05 bits per heavy atom. The Morgan fingerprint density at radius 2 is 2.37 bits per heavy atom. The molecule has 0 saturated carbocycles. The van der Waals surface area contributed by atoms with Crippen molar-refractivity contribution in [3.63, 3.8) is 0 Å². The molecule has 5 nitrogen and oxygen atoms in total. The van der Waals surface area contributed by atoms with Gasteiger partial charge in [-0.25, -0.2) is 0 Å². The second-order valence-electron chi connectivity index (χ2n) is 4.48. The number of ether oxygens (including phenoxy) is 1. The van der Waals surface area contributed by atoms with Gasteiger partial charge in [0.1, 0.15) is 5.75 Å². The van der Waals surface area contributed by atoms with Gasteiger partial charge in [0.05, 0.1) is 18.6 Å². The van der Waals surface area contributed by atoms with E-state index in [-0.39, 0.29) is 11.8 Å². The molecule has 0 bridgehead atoms. The van der Waals surface area contributed by atoms with Gasteiger partial charge in [0.15, 0.2) is 0 Å². The fraction of sp³-hybridized carbons (Fsp3) is 0.429. The number of nitriles is 1. The minimum absolute atomic E-state index is 0.0420. The van der Waals surface area contributed by atoms with Gasteiger partial charge in [0, 0.05) is 31.3 Å². The molecule has 2 N–H and O–H groups in total. The highest BCUT2D eigenvalue weighted by atomic mass is 16.5. The summed E-state index contributed by atoms with van der Waals surface area (Å²) in [5.74, 6) is 0.822. The molecule has 100 valence electrons. The maximum absolute atomic E-state index is 11.8. The molecule has 1 heterocycles. The monoisotopic (exact) mass is 259 g/mol. The van der Waals surface area contributed by atoms with Gasteiger partial charge in [-0.2, -0.15) is 5.26 Å². The van der Waals surface area contributed by atoms with Crippen molar-refractivity contribution >= 4 is 11.6 Å². The van der Waals surface area contributed by atoms with Crippen LogP contribution in [0.2, 0.25) is 0 Å². The molecule has 0 aliphatic carbocycles. The standard InChI is InChI=1S/C14H17N3O2/c15-6-1-2-7-19-13-5-3-4-12(8-13)17-14(18)11-9-16-10-11/h3-5,8,11,16H,1-2,7,9-10H2,(H,17,18). The quantitative estimate of drug-likeness (QED) is 0.760. The van der Waals surface area contributed by atoms with Crippen molar-refractivity contribution in [3.05, 3.63) is 24.3 Å². The van der Waals surface area contributed by atoms with Crippen molar-refractivity contribution in [2.24, 2.45) is 5.92 Å². The summed E-state index contributed by atoms with van der Waals surface area (Å²) in [4.78, 5) is 11.8. The molecule has 1 amide bonds. The number of carbonyl (C=O) groups excluding carboxylic acids is 1. The van der Waals surface area contributed by atoms with E-state index in [1.807, 2.05) is 18.2 Å². The molecule has 1 aliphatic rings. The average Bonchev–Trinajstić information content (AvgIpc) is 2.33. The molecule has 1 aromatic carbocycles. The lowest BCUT2D eigenvalue weighted by molar-refractivity contribution is -0.121. The maximum atomic E-state index is 11.8. The number of anilines is 1. The Bertz CT molecular complexity index is 478. The summed E-state index contributed by atoms with van der Waals surface area (Å²) < 4.78 is 5.52. The van der Waals surface area contributed by atoms with Crippen LogP contribution in [0.15, 0.2) is 24.3 Å². The van der Waals surface area contributed by atoms with E-state index in [0.29, 0.717) is 25.2 Å². The van der Waals surface area contributed by atoms with Gasteiger partial charge >= 0.3 is 0 Å². The van der Waals surface area contributed by atoms with E-state index in [2.05, 4.69) is 16.7 Å². The molecule has 0 spiro atoms. The number of hydrogen-bond donors (Lipinski definition) is 2. The molecule has 2 rings (SSSR count). The fourth-order valence-electron chi connectivity index (χ4n) is 1.72. The third kappa shape index (κ3) is 3.97. The van der Waals surface area contributed by atoms with Crippen LogP contribution in [0.1, 0.15) is 12.8 Å². The molecular weight excluding hydrogens is 242 g/mol. The predicted octanol–water partition coefficient (Wildman–Crippen LogP) is 1.53. The number of amides is 1. The smallest absolute Gasteiger partial charge is 0.230 e. The van der Waals surface area contributed by atoms with E-state index in [1.165, 1.54) is 0 Å².